The van der Waals surface area contributed by atoms with Gasteiger partial charge in [-0.1, -0.05) is 0 Å². The molecule has 11 heteroatoms. The topological polar surface area (TPSA) is 84.6 Å². The van der Waals surface area contributed by atoms with Gasteiger partial charge in [-0.3, -0.25) is 14.4 Å². The van der Waals surface area contributed by atoms with Crippen LogP contribution in [-0.4, -0.2) is 34.4 Å². The highest BCUT2D eigenvalue weighted by Gasteiger charge is 2.39. The Morgan fingerprint density at radius 3 is 2.45 bits per heavy atom. The van der Waals surface area contributed by atoms with E-state index in [0.29, 0.717) is 11.5 Å². The summed E-state index contributed by atoms with van der Waals surface area (Å²) in [5, 5.41) is 3.81. The lowest BCUT2D eigenvalue weighted by Gasteiger charge is -2.16. The molecule has 1 aromatic heterocycles. The Kier molecular flexibility index (Phi) is 5.35. The van der Waals surface area contributed by atoms with Gasteiger partial charge in [0.15, 0.2) is 0 Å². The Balaban J connectivity index is 2.54. The van der Waals surface area contributed by atoms with Gasteiger partial charge in [0.05, 0.1) is 17.8 Å². The smallest absolute Gasteiger partial charge is 0.344 e. The third-order valence-corrected chi connectivity index (χ3v) is 4.46. The minimum absolute atomic E-state index is 0.0116. The number of benzene rings is 1. The Morgan fingerprint density at radius 1 is 1.26 bits per heavy atom. The fourth-order valence-electron chi connectivity index (χ4n) is 2.76. The number of amides is 2. The summed E-state index contributed by atoms with van der Waals surface area (Å²) in [7, 11) is 0. The number of Topliss-reactive ketones (excluding diaryl/α,β-unsaturated/α-hetero) is 1. The predicted molar refractivity (Wildman–Crippen MR) is 103 cm³/mol. The predicted octanol–water partition coefficient (Wildman–Crippen LogP) is 3.83. The summed E-state index contributed by atoms with van der Waals surface area (Å²) in [6, 6.07) is 0.714. The van der Waals surface area contributed by atoms with Crippen LogP contribution in [0.25, 0.3) is 4.85 Å². The Bertz CT molecular complexity index is 1210. The third-order valence-electron chi connectivity index (χ3n) is 4.46. The molecule has 164 valence electrons. The molecule has 2 N–H and O–H groups in total. The zero-order valence-corrected chi connectivity index (χ0v) is 16.4. The quantitative estimate of drug-likeness (QED) is 0.320. The third kappa shape index (κ3) is 4.74. The van der Waals surface area contributed by atoms with Crippen LogP contribution < -0.4 is 10.6 Å². The summed E-state index contributed by atoms with van der Waals surface area (Å²) in [5.41, 5.74) is -2.04. The number of aromatic nitrogens is 1. The van der Waals surface area contributed by atoms with Crippen LogP contribution >= 0.6 is 0 Å². The van der Waals surface area contributed by atoms with Gasteiger partial charge in [-0.15, -0.1) is 0 Å². The zero-order chi connectivity index (χ0) is 26.2. The maximum Gasteiger partial charge on any atom is 0.408 e. The van der Waals surface area contributed by atoms with E-state index >= 15 is 0 Å². The highest BCUT2D eigenvalue weighted by Crippen LogP contribution is 2.26. The molecule has 2 rings (SSSR count). The van der Waals surface area contributed by atoms with Gasteiger partial charge in [0, 0.05) is 22.5 Å². The van der Waals surface area contributed by atoms with Crippen molar-refractivity contribution in [2.75, 3.05) is 5.32 Å². The number of anilines is 1. The summed E-state index contributed by atoms with van der Waals surface area (Å²) < 4.78 is 75.4. The van der Waals surface area contributed by atoms with Crippen LogP contribution in [0.15, 0.2) is 18.2 Å². The molecule has 1 atom stereocenters. The summed E-state index contributed by atoms with van der Waals surface area (Å²) >= 11 is 0. The van der Waals surface area contributed by atoms with Crippen molar-refractivity contribution in [2.24, 2.45) is 6.98 Å². The first-order valence-corrected chi connectivity index (χ1v) is 8.63. The van der Waals surface area contributed by atoms with Crippen LogP contribution in [0.5, 0.6) is 0 Å². The van der Waals surface area contributed by atoms with Crippen molar-refractivity contribution in [3.8, 4) is 0 Å². The van der Waals surface area contributed by atoms with Crippen LogP contribution in [0, 0.1) is 26.2 Å². The van der Waals surface area contributed by atoms with Crippen molar-refractivity contribution in [3.63, 3.8) is 0 Å². The van der Waals surface area contributed by atoms with Crippen molar-refractivity contribution < 1.29 is 36.1 Å². The molecule has 0 saturated carbocycles. The van der Waals surface area contributed by atoms with Gasteiger partial charge in [0.2, 0.25) is 5.69 Å². The molecule has 1 unspecified atom stereocenters. The fraction of sp³-hybridized carbons (Fsp3) is 0.300. The van der Waals surface area contributed by atoms with Gasteiger partial charge in [-0.25, -0.2) is 9.24 Å². The second-order valence-corrected chi connectivity index (χ2v) is 6.57. The van der Waals surface area contributed by atoms with Crippen LogP contribution in [0.3, 0.4) is 0 Å². The molecule has 0 spiro atoms. The molecule has 0 bridgehead atoms. The van der Waals surface area contributed by atoms with Crippen LogP contribution in [0.2, 0.25) is 0 Å². The molecule has 0 aliphatic rings. The van der Waals surface area contributed by atoms with Crippen molar-refractivity contribution in [2.45, 2.75) is 33.0 Å². The zero-order valence-electron chi connectivity index (χ0n) is 19.4. The van der Waals surface area contributed by atoms with Crippen LogP contribution in [0.4, 0.5) is 28.9 Å². The van der Waals surface area contributed by atoms with Crippen molar-refractivity contribution in [3.05, 3.63) is 57.9 Å². The molecular weight excluding hydrogens is 420 g/mol. The van der Waals surface area contributed by atoms with Crippen molar-refractivity contribution in [1.29, 1.82) is 0 Å². The molecule has 0 saturated heterocycles. The molecule has 1 heterocycles. The van der Waals surface area contributed by atoms with Gasteiger partial charge in [-0.05, 0) is 44.5 Å². The van der Waals surface area contributed by atoms with E-state index in [-0.39, 0.29) is 22.5 Å². The van der Waals surface area contributed by atoms with E-state index in [0.717, 1.165) is 25.1 Å². The van der Waals surface area contributed by atoms with Gasteiger partial charge in [0.1, 0.15) is 11.9 Å². The molecule has 2 amide bonds. The summed E-state index contributed by atoms with van der Waals surface area (Å²) in [6.07, 6.45) is -4.85. The van der Waals surface area contributed by atoms with E-state index in [4.69, 9.17) is 10.7 Å². The maximum absolute atomic E-state index is 13.5. The molecule has 0 fully saturated rings. The molecule has 1 aromatic carbocycles. The van der Waals surface area contributed by atoms with Gasteiger partial charge < -0.3 is 15.2 Å². The lowest BCUT2D eigenvalue weighted by atomic mass is 10.1. The maximum atomic E-state index is 13.5. The number of carbonyl (C=O) groups excluding carboxylic acids is 3. The number of ketones is 1. The monoisotopic (exact) mass is 441 g/mol. The lowest BCUT2D eigenvalue weighted by Crippen LogP contribution is -2.46. The standard InChI is InChI=1S/C20H18F4N4O3/c1-9-15(18(30)27-12-6-7-13(21)14(8-12)25-4)10(2)28(5)16(9)17(29)19(31)26-11(3)20(22,23)24/h6-8,11H,1-3,5H3,(H,26,31)(H,27,30)/i5D3. The van der Waals surface area contributed by atoms with E-state index in [2.05, 4.69) is 10.2 Å². The SMILES string of the molecule is [2H]C([2H])([2H])n1c(C)c(C(=O)Nc2ccc(F)c([N+]#[C-])c2)c(C)c1C(=O)C(=O)NC(C)C(F)(F)F. The molecule has 0 radical (unpaired) electrons. The number of hydrogen-bond acceptors (Lipinski definition) is 3. The Morgan fingerprint density at radius 2 is 1.90 bits per heavy atom. The largest absolute Gasteiger partial charge is 0.408 e. The number of carbonyl (C=O) groups is 3. The average Bonchev–Trinajstić information content (AvgIpc) is 2.98. The lowest BCUT2D eigenvalue weighted by molar-refractivity contribution is -0.156. The summed E-state index contributed by atoms with van der Waals surface area (Å²) in [5.74, 6) is -5.06. The van der Waals surface area contributed by atoms with Crippen molar-refractivity contribution >= 4 is 29.0 Å². The first-order valence-electron chi connectivity index (χ1n) is 10.1. The first kappa shape index (κ1) is 19.3. The van der Waals surface area contributed by atoms with E-state index in [1.807, 2.05) is 0 Å². The van der Waals surface area contributed by atoms with E-state index in [1.165, 1.54) is 12.2 Å². The van der Waals surface area contributed by atoms with Gasteiger partial charge in [0.25, 0.3) is 17.6 Å². The second kappa shape index (κ2) is 8.59. The number of nitrogens with zero attached hydrogens (tertiary/aromatic N) is 2. The number of rotatable bonds is 5. The van der Waals surface area contributed by atoms with E-state index < -0.39 is 54.0 Å². The summed E-state index contributed by atoms with van der Waals surface area (Å²) in [4.78, 5) is 40.8. The van der Waals surface area contributed by atoms with Gasteiger partial charge in [-0.2, -0.15) is 13.2 Å². The summed E-state index contributed by atoms with van der Waals surface area (Å²) in [6.45, 7) is 6.80. The number of nitrogens with one attached hydrogen (secondary N) is 2. The highest BCUT2D eigenvalue weighted by molar-refractivity contribution is 6.43. The first-order chi connectivity index (χ1) is 15.5. The minimum Gasteiger partial charge on any atom is -0.344 e. The molecule has 0 aliphatic heterocycles. The Labute approximate surface area is 179 Å². The molecule has 0 aliphatic carbocycles. The number of halogens is 4. The number of hydrogen-bond donors (Lipinski definition) is 2. The second-order valence-electron chi connectivity index (χ2n) is 6.57. The Hall–Kier alpha value is -3.68. The number of alkyl halides is 3. The fourth-order valence-corrected chi connectivity index (χ4v) is 2.76. The van der Waals surface area contributed by atoms with E-state index in [1.54, 1.807) is 0 Å². The molecule has 7 nitrogen and oxygen atoms in total. The van der Waals surface area contributed by atoms with E-state index in [9.17, 15) is 31.9 Å². The molecule has 2 aromatic rings. The average molecular weight is 441 g/mol. The normalized spacial score (nSPS) is 13.9. The molecular formula is C20H18F4N4O3. The van der Waals surface area contributed by atoms with Gasteiger partial charge >= 0.3 is 6.18 Å². The van der Waals surface area contributed by atoms with Crippen LogP contribution in [0.1, 0.15) is 43.1 Å². The highest BCUT2D eigenvalue weighted by atomic mass is 19.4. The van der Waals surface area contributed by atoms with Crippen molar-refractivity contribution in [1.82, 2.24) is 9.88 Å². The minimum atomic E-state index is -4.85. The molecule has 31 heavy (non-hydrogen) atoms. The van der Waals surface area contributed by atoms with Crippen LogP contribution in [-0.2, 0) is 11.8 Å².